The normalized spacial score (nSPS) is 11.3. The summed E-state index contributed by atoms with van der Waals surface area (Å²) in [7, 11) is 0. The van der Waals surface area contributed by atoms with Crippen molar-refractivity contribution in [1.29, 1.82) is 0 Å². The zero-order valence-corrected chi connectivity index (χ0v) is 7.81. The predicted molar refractivity (Wildman–Crippen MR) is 45.0 cm³/mol. The second-order valence-electron chi connectivity index (χ2n) is 3.41. The lowest BCUT2D eigenvalue weighted by molar-refractivity contribution is -0.142. The molecule has 0 aliphatic carbocycles. The van der Waals surface area contributed by atoms with Gasteiger partial charge in [0.05, 0.1) is 13.0 Å². The van der Waals surface area contributed by atoms with Crippen LogP contribution in [0.4, 0.5) is 0 Å². The zero-order chi connectivity index (χ0) is 8.91. The van der Waals surface area contributed by atoms with Gasteiger partial charge in [0.1, 0.15) is 0 Å². The van der Waals surface area contributed by atoms with E-state index in [1.807, 2.05) is 0 Å². The van der Waals surface area contributed by atoms with Crippen LogP contribution in [0.3, 0.4) is 0 Å². The van der Waals surface area contributed by atoms with E-state index in [0.717, 1.165) is 6.42 Å². The van der Waals surface area contributed by atoms with E-state index in [0.29, 0.717) is 6.61 Å². The highest BCUT2D eigenvalue weighted by Crippen LogP contribution is 2.19. The summed E-state index contributed by atoms with van der Waals surface area (Å²) >= 11 is 0. The van der Waals surface area contributed by atoms with Gasteiger partial charge in [0, 0.05) is 0 Å². The van der Waals surface area contributed by atoms with E-state index in [1.54, 1.807) is 6.92 Å². The second-order valence-corrected chi connectivity index (χ2v) is 3.41. The second kappa shape index (κ2) is 4.37. The van der Waals surface area contributed by atoms with Crippen LogP contribution in [-0.2, 0) is 9.53 Å². The van der Waals surface area contributed by atoms with Gasteiger partial charge in [0.2, 0.25) is 0 Å². The molecule has 2 nitrogen and oxygen atoms in total. The highest BCUT2D eigenvalue weighted by atomic mass is 16.5. The minimum absolute atomic E-state index is 0.110. The molecule has 0 heterocycles. The molecule has 0 amide bonds. The number of rotatable bonds is 4. The van der Waals surface area contributed by atoms with Crippen LogP contribution in [0.5, 0.6) is 0 Å². The first kappa shape index (κ1) is 10.5. The Balaban J connectivity index is 3.61. The molecule has 65 valence electrons. The molecule has 0 aromatic heterocycles. The Morgan fingerprint density at radius 3 is 2.45 bits per heavy atom. The van der Waals surface area contributed by atoms with Crippen LogP contribution in [0.15, 0.2) is 0 Å². The predicted octanol–water partition coefficient (Wildman–Crippen LogP) is 2.19. The molecule has 0 aliphatic rings. The van der Waals surface area contributed by atoms with Crippen LogP contribution in [0, 0.1) is 11.8 Å². The average molecular weight is 157 g/mol. The molecule has 0 aromatic rings. The molecule has 0 N–H and O–H groups in total. The first-order chi connectivity index (χ1) is 5.02. The third kappa shape index (κ3) is 4.82. The molecule has 0 saturated heterocycles. The summed E-state index contributed by atoms with van der Waals surface area (Å²) in [6.45, 7) is 8.43. The zero-order valence-electron chi connectivity index (χ0n) is 7.81. The van der Waals surface area contributed by atoms with Crippen molar-refractivity contribution >= 4 is 5.97 Å². The molecule has 0 unspecified atom stereocenters. The van der Waals surface area contributed by atoms with E-state index < -0.39 is 0 Å². The maximum Gasteiger partial charge on any atom is 0.309 e. The molecule has 0 fully saturated rings. The maximum atomic E-state index is 10.7. The van der Waals surface area contributed by atoms with Crippen molar-refractivity contribution in [2.75, 3.05) is 6.61 Å². The van der Waals surface area contributed by atoms with Crippen LogP contribution < -0.4 is 0 Å². The van der Waals surface area contributed by atoms with Gasteiger partial charge in [0.15, 0.2) is 0 Å². The summed E-state index contributed by atoms with van der Waals surface area (Å²) in [5, 5.41) is 0. The molecule has 0 bridgehead atoms. The summed E-state index contributed by atoms with van der Waals surface area (Å²) < 4.78 is 4.95. The van der Waals surface area contributed by atoms with E-state index in [-0.39, 0.29) is 11.4 Å². The number of carbonyl (C=O) groups excluding carboxylic acids is 1. The Kier molecular flexibility index (Phi) is 4.16. The lowest BCUT2D eigenvalue weighted by atomic mass is 9.92. The minimum atomic E-state index is -0.230. The van der Waals surface area contributed by atoms with Gasteiger partial charge >= 0.3 is 5.97 Å². The first-order valence-electron chi connectivity index (χ1n) is 3.98. The third-order valence-corrected chi connectivity index (χ3v) is 1.80. The van der Waals surface area contributed by atoms with Gasteiger partial charge in [-0.3, -0.25) is 4.79 Å². The molecular formula is C9H17O2. The number of hydrogen-bond acceptors (Lipinski definition) is 2. The molecule has 0 saturated carbocycles. The number of esters is 1. The topological polar surface area (TPSA) is 26.3 Å². The minimum Gasteiger partial charge on any atom is -0.465 e. The van der Waals surface area contributed by atoms with E-state index in [2.05, 4.69) is 20.8 Å². The summed E-state index contributed by atoms with van der Waals surface area (Å²) in [5.74, 6) is -0.230. The average Bonchev–Trinajstić information content (AvgIpc) is 2.00. The highest BCUT2D eigenvalue weighted by Gasteiger charge is 2.16. The van der Waals surface area contributed by atoms with Crippen LogP contribution in [0.1, 0.15) is 34.1 Å². The fourth-order valence-corrected chi connectivity index (χ4v) is 0.452. The highest BCUT2D eigenvalue weighted by molar-refractivity contribution is 5.78. The van der Waals surface area contributed by atoms with Gasteiger partial charge in [0.25, 0.3) is 0 Å². The molecule has 0 aromatic carbocycles. The fraction of sp³-hybridized carbons (Fsp3) is 0.778. The summed E-state index contributed by atoms with van der Waals surface area (Å²) in [5.41, 5.74) is 0.110. The Bertz CT molecular complexity index is 128. The summed E-state index contributed by atoms with van der Waals surface area (Å²) in [6.07, 6.45) is 2.45. The van der Waals surface area contributed by atoms with Gasteiger partial charge in [-0.2, -0.15) is 0 Å². The first-order valence-corrected chi connectivity index (χ1v) is 3.98. The largest absolute Gasteiger partial charge is 0.465 e. The van der Waals surface area contributed by atoms with Gasteiger partial charge in [-0.25, -0.2) is 0 Å². The molecule has 11 heavy (non-hydrogen) atoms. The molecule has 0 atom stereocenters. The van der Waals surface area contributed by atoms with Gasteiger partial charge < -0.3 is 4.74 Å². The van der Waals surface area contributed by atoms with Gasteiger partial charge in [-0.05, 0) is 11.8 Å². The van der Waals surface area contributed by atoms with Crippen molar-refractivity contribution in [1.82, 2.24) is 0 Å². The van der Waals surface area contributed by atoms with Crippen molar-refractivity contribution in [2.45, 2.75) is 34.1 Å². The van der Waals surface area contributed by atoms with Gasteiger partial charge in [-0.15, -0.1) is 0 Å². The molecule has 0 spiro atoms. The van der Waals surface area contributed by atoms with Crippen molar-refractivity contribution in [3.63, 3.8) is 0 Å². The Labute approximate surface area is 68.9 Å². The quantitative estimate of drug-likeness (QED) is 0.585. The molecular weight excluding hydrogens is 140 g/mol. The van der Waals surface area contributed by atoms with Gasteiger partial charge in [-0.1, -0.05) is 27.7 Å². The van der Waals surface area contributed by atoms with Crippen molar-refractivity contribution < 1.29 is 9.53 Å². The standard InChI is InChI=1S/C9H17O2/c1-5-8(10)11-7-9(3,4)6-2/h5H,6-7H2,1-4H3. The van der Waals surface area contributed by atoms with Crippen molar-refractivity contribution in [3.8, 4) is 0 Å². The van der Waals surface area contributed by atoms with Crippen LogP contribution in [0.25, 0.3) is 0 Å². The third-order valence-electron chi connectivity index (χ3n) is 1.80. The Morgan fingerprint density at radius 1 is 1.55 bits per heavy atom. The monoisotopic (exact) mass is 157 g/mol. The summed E-state index contributed by atoms with van der Waals surface area (Å²) in [6, 6.07) is 0. The van der Waals surface area contributed by atoms with Crippen LogP contribution in [0.2, 0.25) is 0 Å². The Morgan fingerprint density at radius 2 is 2.09 bits per heavy atom. The SMILES string of the molecule is C[CH]C(=O)OCC(C)(C)CC. The number of carbonyl (C=O) groups is 1. The smallest absolute Gasteiger partial charge is 0.309 e. The molecule has 0 aliphatic heterocycles. The maximum absolute atomic E-state index is 10.7. The van der Waals surface area contributed by atoms with Crippen molar-refractivity contribution in [2.24, 2.45) is 5.41 Å². The molecule has 0 rings (SSSR count). The number of hydrogen-bond donors (Lipinski definition) is 0. The van der Waals surface area contributed by atoms with E-state index in [1.165, 1.54) is 6.42 Å². The lowest BCUT2D eigenvalue weighted by Crippen LogP contribution is -2.20. The fourth-order valence-electron chi connectivity index (χ4n) is 0.452. The van der Waals surface area contributed by atoms with Crippen LogP contribution >= 0.6 is 0 Å². The lowest BCUT2D eigenvalue weighted by Gasteiger charge is -2.21. The molecule has 1 radical (unpaired) electrons. The van der Waals surface area contributed by atoms with E-state index in [9.17, 15) is 4.79 Å². The van der Waals surface area contributed by atoms with Crippen molar-refractivity contribution in [3.05, 3.63) is 6.42 Å². The van der Waals surface area contributed by atoms with E-state index >= 15 is 0 Å². The van der Waals surface area contributed by atoms with Crippen LogP contribution in [-0.4, -0.2) is 12.6 Å². The van der Waals surface area contributed by atoms with E-state index in [4.69, 9.17) is 4.74 Å². The Hall–Kier alpha value is -0.530. The molecule has 2 heteroatoms. The number of ether oxygens (including phenoxy) is 1. The summed E-state index contributed by atoms with van der Waals surface area (Å²) in [4.78, 5) is 10.7.